The molecule has 0 fully saturated rings. The van der Waals surface area contributed by atoms with E-state index >= 15 is 0 Å². The lowest BCUT2D eigenvalue weighted by molar-refractivity contribution is 0.469. The molecule has 0 bridgehead atoms. The summed E-state index contributed by atoms with van der Waals surface area (Å²) in [6, 6.07) is 5.81. The van der Waals surface area contributed by atoms with E-state index in [0.29, 0.717) is 5.41 Å². The van der Waals surface area contributed by atoms with Gasteiger partial charge in [-0.3, -0.25) is 0 Å². The van der Waals surface area contributed by atoms with E-state index in [1.165, 1.54) is 5.56 Å². The van der Waals surface area contributed by atoms with E-state index in [-0.39, 0.29) is 0 Å². The van der Waals surface area contributed by atoms with Crippen LogP contribution in [0.25, 0.3) is 0 Å². The van der Waals surface area contributed by atoms with Crippen molar-refractivity contribution < 1.29 is 0 Å². The predicted octanol–water partition coefficient (Wildman–Crippen LogP) is 3.67. The molecule has 0 aliphatic carbocycles. The second kappa shape index (κ2) is 5.64. The molecule has 1 aromatic carbocycles. The molecule has 0 radical (unpaired) electrons. The van der Waals surface area contributed by atoms with Crippen molar-refractivity contribution in [2.24, 2.45) is 5.41 Å². The molecule has 0 aliphatic heterocycles. The fourth-order valence-electron chi connectivity index (χ4n) is 0.967. The van der Waals surface area contributed by atoms with Crippen molar-refractivity contribution in [2.75, 3.05) is 18.1 Å². The summed E-state index contributed by atoms with van der Waals surface area (Å²) in [5.41, 5.74) is 9.19. The lowest BCUT2D eigenvalue weighted by atomic mass is 10.0. The molecule has 3 N–H and O–H groups in total. The molecule has 0 saturated heterocycles. The molecule has 0 spiro atoms. The second-order valence-corrected chi connectivity index (χ2v) is 5.32. The first-order chi connectivity index (χ1) is 6.74. The Morgan fingerprint density at radius 3 is 1.93 bits per heavy atom. The third-order valence-corrected chi connectivity index (χ3v) is 1.52. The summed E-state index contributed by atoms with van der Waals surface area (Å²) >= 11 is 0. The Labute approximate surface area is 93.9 Å². The summed E-state index contributed by atoms with van der Waals surface area (Å²) in [5.74, 6) is 0. The van der Waals surface area contributed by atoms with Crippen LogP contribution in [-0.4, -0.2) is 7.05 Å². The Bertz CT molecular complexity index is 292. The molecule has 1 aromatic rings. The van der Waals surface area contributed by atoms with Gasteiger partial charge in [-0.2, -0.15) is 0 Å². The van der Waals surface area contributed by atoms with Gasteiger partial charge >= 0.3 is 0 Å². The Morgan fingerprint density at radius 1 is 1.13 bits per heavy atom. The maximum atomic E-state index is 5.55. The minimum absolute atomic E-state index is 0.500. The van der Waals surface area contributed by atoms with Crippen LogP contribution in [0.15, 0.2) is 18.2 Å². The average molecular weight is 208 g/mol. The average Bonchev–Trinajstić information content (AvgIpc) is 2.01. The third-order valence-electron chi connectivity index (χ3n) is 1.52. The molecule has 0 atom stereocenters. The van der Waals surface area contributed by atoms with E-state index in [1.54, 1.807) is 0 Å². The fourth-order valence-corrected chi connectivity index (χ4v) is 0.967. The van der Waals surface area contributed by atoms with Gasteiger partial charge in [0, 0.05) is 18.4 Å². The topological polar surface area (TPSA) is 38.0 Å². The number of nitrogen functional groups attached to an aromatic ring is 1. The van der Waals surface area contributed by atoms with Crippen molar-refractivity contribution in [1.82, 2.24) is 0 Å². The number of hydrogen-bond donors (Lipinski definition) is 2. The largest absolute Gasteiger partial charge is 0.399 e. The van der Waals surface area contributed by atoms with Gasteiger partial charge in [-0.25, -0.2) is 0 Å². The molecule has 0 saturated carbocycles. The SMILES string of the molecule is CC(C)(C)C.CNc1ccc(N)cc1C. The van der Waals surface area contributed by atoms with Gasteiger partial charge < -0.3 is 11.1 Å². The van der Waals surface area contributed by atoms with Crippen LogP contribution in [0.4, 0.5) is 11.4 Å². The summed E-state index contributed by atoms with van der Waals surface area (Å²) in [5, 5.41) is 3.07. The quantitative estimate of drug-likeness (QED) is 0.691. The number of hydrogen-bond acceptors (Lipinski definition) is 2. The lowest BCUT2D eigenvalue weighted by Crippen LogP contribution is -1.93. The molecule has 0 amide bonds. The van der Waals surface area contributed by atoms with Crippen LogP contribution in [0.2, 0.25) is 0 Å². The van der Waals surface area contributed by atoms with Crippen LogP contribution in [0.3, 0.4) is 0 Å². The van der Waals surface area contributed by atoms with Gasteiger partial charge in [-0.1, -0.05) is 27.7 Å². The van der Waals surface area contributed by atoms with Gasteiger partial charge in [-0.15, -0.1) is 0 Å². The molecule has 0 heterocycles. The first-order valence-corrected chi connectivity index (χ1v) is 5.28. The van der Waals surface area contributed by atoms with Crippen LogP contribution < -0.4 is 11.1 Å². The van der Waals surface area contributed by atoms with Crippen LogP contribution >= 0.6 is 0 Å². The van der Waals surface area contributed by atoms with E-state index < -0.39 is 0 Å². The highest BCUT2D eigenvalue weighted by Gasteiger charge is 1.95. The standard InChI is InChI=1S/C8H12N2.C5H12/c1-6-5-7(9)3-4-8(6)10-2;1-5(2,3)4/h3-5,10H,9H2,1-2H3;1-4H3. The van der Waals surface area contributed by atoms with Gasteiger partial charge in [-0.05, 0) is 36.1 Å². The first kappa shape index (κ1) is 13.8. The molecule has 0 aromatic heterocycles. The highest BCUT2D eigenvalue weighted by molar-refractivity contribution is 5.56. The normalized spacial score (nSPS) is 10.3. The number of rotatable bonds is 1. The summed E-state index contributed by atoms with van der Waals surface area (Å²) in [6.45, 7) is 10.8. The zero-order valence-corrected chi connectivity index (χ0v) is 10.8. The molecule has 2 heteroatoms. The number of benzene rings is 1. The fraction of sp³-hybridized carbons (Fsp3) is 0.538. The molecule has 86 valence electrons. The second-order valence-electron chi connectivity index (χ2n) is 5.32. The zero-order valence-electron chi connectivity index (χ0n) is 10.8. The number of nitrogens with two attached hydrogens (primary N) is 1. The maximum Gasteiger partial charge on any atom is 0.0368 e. The van der Waals surface area contributed by atoms with Crippen molar-refractivity contribution in [3.8, 4) is 0 Å². The molecular weight excluding hydrogens is 184 g/mol. The number of nitrogens with one attached hydrogen (secondary N) is 1. The van der Waals surface area contributed by atoms with Gasteiger partial charge in [0.05, 0.1) is 0 Å². The van der Waals surface area contributed by atoms with E-state index in [1.807, 2.05) is 32.2 Å². The monoisotopic (exact) mass is 208 g/mol. The smallest absolute Gasteiger partial charge is 0.0368 e. The van der Waals surface area contributed by atoms with Crippen LogP contribution in [-0.2, 0) is 0 Å². The summed E-state index contributed by atoms with van der Waals surface area (Å²) in [7, 11) is 1.90. The maximum absolute atomic E-state index is 5.55. The van der Waals surface area contributed by atoms with Crippen molar-refractivity contribution in [2.45, 2.75) is 34.6 Å². The van der Waals surface area contributed by atoms with Gasteiger partial charge in [0.15, 0.2) is 0 Å². The van der Waals surface area contributed by atoms with Gasteiger partial charge in [0.25, 0.3) is 0 Å². The highest BCUT2D eigenvalue weighted by atomic mass is 14.8. The minimum atomic E-state index is 0.500. The van der Waals surface area contributed by atoms with Gasteiger partial charge in [0.1, 0.15) is 0 Å². The van der Waals surface area contributed by atoms with Gasteiger partial charge in [0.2, 0.25) is 0 Å². The summed E-state index contributed by atoms with van der Waals surface area (Å²) in [4.78, 5) is 0. The Hall–Kier alpha value is -1.18. The molecule has 0 unspecified atom stereocenters. The van der Waals surface area contributed by atoms with Crippen molar-refractivity contribution in [3.63, 3.8) is 0 Å². The first-order valence-electron chi connectivity index (χ1n) is 5.28. The van der Waals surface area contributed by atoms with E-state index in [0.717, 1.165) is 11.4 Å². The summed E-state index contributed by atoms with van der Waals surface area (Å²) < 4.78 is 0. The van der Waals surface area contributed by atoms with Crippen LogP contribution in [0.1, 0.15) is 33.3 Å². The Morgan fingerprint density at radius 2 is 1.60 bits per heavy atom. The van der Waals surface area contributed by atoms with E-state index in [9.17, 15) is 0 Å². The highest BCUT2D eigenvalue weighted by Crippen LogP contribution is 2.16. The molecule has 0 aliphatic rings. The van der Waals surface area contributed by atoms with Crippen LogP contribution in [0.5, 0.6) is 0 Å². The third kappa shape index (κ3) is 7.86. The van der Waals surface area contributed by atoms with Crippen molar-refractivity contribution >= 4 is 11.4 Å². The molecule has 15 heavy (non-hydrogen) atoms. The predicted molar refractivity (Wildman–Crippen MR) is 70.3 cm³/mol. The van der Waals surface area contributed by atoms with E-state index in [2.05, 4.69) is 33.0 Å². The van der Waals surface area contributed by atoms with Crippen LogP contribution in [0, 0.1) is 12.3 Å². The molecule has 1 rings (SSSR count). The van der Waals surface area contributed by atoms with E-state index in [4.69, 9.17) is 5.73 Å². The number of aryl methyl sites for hydroxylation is 1. The molecule has 2 nitrogen and oxygen atoms in total. The molecular formula is C13H24N2. The number of anilines is 2. The van der Waals surface area contributed by atoms with Crippen molar-refractivity contribution in [3.05, 3.63) is 23.8 Å². The zero-order chi connectivity index (χ0) is 12.1. The summed E-state index contributed by atoms with van der Waals surface area (Å²) in [6.07, 6.45) is 0. The Balaban J connectivity index is 0.000000336. The van der Waals surface area contributed by atoms with Crippen molar-refractivity contribution in [1.29, 1.82) is 0 Å². The minimum Gasteiger partial charge on any atom is -0.399 e. The lowest BCUT2D eigenvalue weighted by Gasteiger charge is -2.05. The Kier molecular flexibility index (Phi) is 5.20.